The van der Waals surface area contributed by atoms with E-state index in [1.165, 1.54) is 14.2 Å². The fourth-order valence-electron chi connectivity index (χ4n) is 3.35. The molecular weight excluding hydrogens is 384 g/mol. The molecule has 0 aliphatic rings. The number of hydrogen-bond donors (Lipinski definition) is 0. The number of benzene rings is 3. The van der Waals surface area contributed by atoms with Gasteiger partial charge in [-0.3, -0.25) is 9.59 Å². The smallest absolute Gasteiger partial charge is 0.308 e. The van der Waals surface area contributed by atoms with E-state index < -0.39 is 0 Å². The second-order valence-electron chi connectivity index (χ2n) is 6.79. The first-order chi connectivity index (χ1) is 14.6. The van der Waals surface area contributed by atoms with Gasteiger partial charge in [0.25, 0.3) is 0 Å². The lowest BCUT2D eigenvalue weighted by molar-refractivity contribution is -0.142. The molecule has 0 aliphatic carbocycles. The van der Waals surface area contributed by atoms with Crippen molar-refractivity contribution in [3.63, 3.8) is 0 Å². The molecule has 6 nitrogen and oxygen atoms in total. The summed E-state index contributed by atoms with van der Waals surface area (Å²) in [5.74, 6) is 0.771. The van der Waals surface area contributed by atoms with E-state index in [-0.39, 0.29) is 38.0 Å². The van der Waals surface area contributed by atoms with Crippen molar-refractivity contribution < 1.29 is 28.5 Å². The number of aryl methyl sites for hydroxylation is 1. The fourth-order valence-corrected chi connectivity index (χ4v) is 3.35. The highest BCUT2D eigenvalue weighted by Gasteiger charge is 2.17. The van der Waals surface area contributed by atoms with Crippen molar-refractivity contribution in [2.45, 2.75) is 26.2 Å². The molecule has 0 amide bonds. The van der Waals surface area contributed by atoms with Gasteiger partial charge in [-0.15, -0.1) is 0 Å². The van der Waals surface area contributed by atoms with E-state index in [0.717, 1.165) is 33.5 Å². The first kappa shape index (κ1) is 21.4. The van der Waals surface area contributed by atoms with Crippen molar-refractivity contribution in [2.75, 3.05) is 27.4 Å². The highest BCUT2D eigenvalue weighted by molar-refractivity contribution is 6.11. The second kappa shape index (κ2) is 9.96. The first-order valence-corrected chi connectivity index (χ1v) is 9.95. The molecule has 0 saturated heterocycles. The summed E-state index contributed by atoms with van der Waals surface area (Å²) in [7, 11) is 2.72. The number of carbonyl (C=O) groups is 2. The number of hydrogen-bond acceptors (Lipinski definition) is 6. The summed E-state index contributed by atoms with van der Waals surface area (Å²) in [5.41, 5.74) is 1.16. The summed E-state index contributed by atoms with van der Waals surface area (Å²) in [6.07, 6.45) is 1.21. The van der Waals surface area contributed by atoms with Crippen molar-refractivity contribution in [3.05, 3.63) is 48.0 Å². The van der Waals surface area contributed by atoms with Crippen LogP contribution in [0.25, 0.3) is 21.5 Å². The van der Waals surface area contributed by atoms with Crippen LogP contribution in [0.1, 0.15) is 25.3 Å². The normalized spacial score (nSPS) is 10.8. The monoisotopic (exact) mass is 410 g/mol. The average Bonchev–Trinajstić information content (AvgIpc) is 2.79. The maximum absolute atomic E-state index is 11.5. The molecule has 0 radical (unpaired) electrons. The summed E-state index contributed by atoms with van der Waals surface area (Å²) < 4.78 is 21.6. The maximum atomic E-state index is 11.5. The second-order valence-corrected chi connectivity index (χ2v) is 6.79. The number of ether oxygens (including phenoxy) is 4. The summed E-state index contributed by atoms with van der Waals surface area (Å²) in [4.78, 5) is 23.0. The van der Waals surface area contributed by atoms with Gasteiger partial charge in [0, 0.05) is 21.5 Å². The van der Waals surface area contributed by atoms with Crippen LogP contribution in [-0.2, 0) is 25.5 Å². The van der Waals surface area contributed by atoms with Crippen molar-refractivity contribution in [3.8, 4) is 11.5 Å². The highest BCUT2D eigenvalue weighted by Crippen LogP contribution is 2.43. The molecule has 158 valence electrons. The van der Waals surface area contributed by atoms with Crippen molar-refractivity contribution in [1.29, 1.82) is 0 Å². The van der Waals surface area contributed by atoms with Crippen LogP contribution in [0.3, 0.4) is 0 Å². The van der Waals surface area contributed by atoms with Crippen molar-refractivity contribution in [1.82, 2.24) is 0 Å². The zero-order chi connectivity index (χ0) is 21.5. The lowest BCUT2D eigenvalue weighted by Crippen LogP contribution is -2.09. The first-order valence-electron chi connectivity index (χ1n) is 9.95. The van der Waals surface area contributed by atoms with E-state index in [4.69, 9.17) is 18.9 Å². The molecule has 3 aromatic rings. The van der Waals surface area contributed by atoms with Crippen LogP contribution in [0.5, 0.6) is 11.5 Å². The summed E-state index contributed by atoms with van der Waals surface area (Å²) in [6, 6.07) is 14.0. The van der Waals surface area contributed by atoms with E-state index >= 15 is 0 Å². The standard InChI is InChI=1S/C24H26O6/c1-4-16-9-10-19-20(15-16)24(30-14-12-22(26)28-3)18-8-6-5-7-17(18)23(19)29-13-11-21(25)27-2/h5-10,15H,4,11-14H2,1-3H3. The Kier molecular flexibility index (Phi) is 7.12. The van der Waals surface area contributed by atoms with Crippen LogP contribution in [0.15, 0.2) is 42.5 Å². The van der Waals surface area contributed by atoms with Gasteiger partial charge in [-0.2, -0.15) is 0 Å². The zero-order valence-corrected chi connectivity index (χ0v) is 17.5. The lowest BCUT2D eigenvalue weighted by Gasteiger charge is -2.18. The van der Waals surface area contributed by atoms with Gasteiger partial charge in [-0.25, -0.2) is 0 Å². The van der Waals surface area contributed by atoms with Gasteiger partial charge in [0.2, 0.25) is 0 Å². The summed E-state index contributed by atoms with van der Waals surface area (Å²) in [5, 5.41) is 3.57. The van der Waals surface area contributed by atoms with Crippen LogP contribution in [0.2, 0.25) is 0 Å². The Morgan fingerprint density at radius 1 is 0.733 bits per heavy atom. The Bertz CT molecular complexity index is 1060. The predicted octanol–water partition coefficient (Wildman–Crippen LogP) is 4.44. The SMILES string of the molecule is CCc1ccc2c(OCCC(=O)OC)c3ccccc3c(OCCC(=O)OC)c2c1. The molecule has 6 heteroatoms. The molecule has 0 atom stereocenters. The molecule has 30 heavy (non-hydrogen) atoms. The zero-order valence-electron chi connectivity index (χ0n) is 17.5. The number of fused-ring (bicyclic) bond motifs is 2. The summed E-state index contributed by atoms with van der Waals surface area (Å²) in [6.45, 7) is 2.52. The van der Waals surface area contributed by atoms with E-state index in [1.807, 2.05) is 30.3 Å². The largest absolute Gasteiger partial charge is 0.492 e. The summed E-state index contributed by atoms with van der Waals surface area (Å²) >= 11 is 0. The van der Waals surface area contributed by atoms with Gasteiger partial charge in [0.1, 0.15) is 11.5 Å². The van der Waals surface area contributed by atoms with E-state index in [2.05, 4.69) is 19.1 Å². The quantitative estimate of drug-likeness (QED) is 0.384. The molecule has 0 saturated carbocycles. The third kappa shape index (κ3) is 4.64. The van der Waals surface area contributed by atoms with Gasteiger partial charge in [-0.1, -0.05) is 43.3 Å². The Hall–Kier alpha value is -3.28. The van der Waals surface area contributed by atoms with Crippen LogP contribution in [0.4, 0.5) is 0 Å². The molecule has 0 spiro atoms. The Balaban J connectivity index is 2.10. The van der Waals surface area contributed by atoms with Crippen LogP contribution in [0, 0.1) is 0 Å². The van der Waals surface area contributed by atoms with Crippen molar-refractivity contribution >= 4 is 33.5 Å². The van der Waals surface area contributed by atoms with E-state index in [0.29, 0.717) is 11.5 Å². The topological polar surface area (TPSA) is 71.1 Å². The van der Waals surface area contributed by atoms with Gasteiger partial charge < -0.3 is 18.9 Å². The Labute approximate surface area is 175 Å². The molecule has 0 bridgehead atoms. The highest BCUT2D eigenvalue weighted by atomic mass is 16.5. The van der Waals surface area contributed by atoms with E-state index in [9.17, 15) is 9.59 Å². The predicted molar refractivity (Wildman–Crippen MR) is 115 cm³/mol. The van der Waals surface area contributed by atoms with Gasteiger partial charge in [0.15, 0.2) is 0 Å². The molecular formula is C24H26O6. The minimum absolute atomic E-state index is 0.163. The Morgan fingerprint density at radius 3 is 1.73 bits per heavy atom. The molecule has 0 unspecified atom stereocenters. The minimum Gasteiger partial charge on any atom is -0.492 e. The Morgan fingerprint density at radius 2 is 1.23 bits per heavy atom. The fraction of sp³-hybridized carbons (Fsp3) is 0.333. The van der Waals surface area contributed by atoms with Crippen LogP contribution >= 0.6 is 0 Å². The lowest BCUT2D eigenvalue weighted by atomic mass is 9.98. The number of methoxy groups -OCH3 is 2. The molecule has 0 aromatic heterocycles. The minimum atomic E-state index is -0.320. The molecule has 3 aromatic carbocycles. The van der Waals surface area contributed by atoms with Crippen LogP contribution in [-0.4, -0.2) is 39.4 Å². The third-order valence-corrected chi connectivity index (χ3v) is 4.96. The number of carbonyl (C=O) groups excluding carboxylic acids is 2. The molecule has 0 N–H and O–H groups in total. The molecule has 0 heterocycles. The number of rotatable bonds is 9. The molecule has 3 rings (SSSR count). The van der Waals surface area contributed by atoms with E-state index in [1.54, 1.807) is 0 Å². The number of esters is 2. The van der Waals surface area contributed by atoms with Gasteiger partial charge in [0.05, 0.1) is 40.3 Å². The van der Waals surface area contributed by atoms with Crippen LogP contribution < -0.4 is 9.47 Å². The third-order valence-electron chi connectivity index (χ3n) is 4.96. The van der Waals surface area contributed by atoms with Crippen molar-refractivity contribution in [2.24, 2.45) is 0 Å². The van der Waals surface area contributed by atoms with Gasteiger partial charge in [-0.05, 0) is 18.1 Å². The molecule has 0 fully saturated rings. The maximum Gasteiger partial charge on any atom is 0.308 e. The average molecular weight is 410 g/mol. The van der Waals surface area contributed by atoms with Gasteiger partial charge >= 0.3 is 11.9 Å². The molecule has 0 aliphatic heterocycles.